The maximum absolute atomic E-state index is 12.3. The van der Waals surface area contributed by atoms with Crippen molar-refractivity contribution in [3.8, 4) is 5.75 Å². The van der Waals surface area contributed by atoms with Gasteiger partial charge in [0.25, 0.3) is 0 Å². The van der Waals surface area contributed by atoms with E-state index in [2.05, 4.69) is 37.0 Å². The van der Waals surface area contributed by atoms with Crippen molar-refractivity contribution in [3.63, 3.8) is 0 Å². The number of hydrogen-bond acceptors (Lipinski definition) is 5. The van der Waals surface area contributed by atoms with Gasteiger partial charge in [0.05, 0.1) is 6.61 Å². The fourth-order valence-corrected chi connectivity index (χ4v) is 4.31. The molecule has 0 atom stereocenters. The van der Waals surface area contributed by atoms with Crippen molar-refractivity contribution < 1.29 is 9.53 Å². The molecule has 0 N–H and O–H groups in total. The first-order chi connectivity index (χ1) is 12.2. The van der Waals surface area contributed by atoms with Gasteiger partial charge in [0.1, 0.15) is 15.8 Å². The number of nitrogens with zero attached hydrogens (tertiary/aromatic N) is 1. The first kappa shape index (κ1) is 18.1. The SMILES string of the molecule is CCCOc1ccc2ccccc2c1/C=C1/N=C(SCCC)SC1=O. The van der Waals surface area contributed by atoms with Crippen molar-refractivity contribution in [2.75, 3.05) is 12.4 Å². The monoisotopic (exact) mass is 371 g/mol. The fourth-order valence-electron chi connectivity index (χ4n) is 2.54. The molecule has 1 heterocycles. The molecule has 2 aromatic carbocycles. The number of aliphatic imine (C=N–C) groups is 1. The summed E-state index contributed by atoms with van der Waals surface area (Å²) in [7, 11) is 0. The summed E-state index contributed by atoms with van der Waals surface area (Å²) in [5.74, 6) is 1.78. The van der Waals surface area contributed by atoms with Gasteiger partial charge in [-0.2, -0.15) is 0 Å². The summed E-state index contributed by atoms with van der Waals surface area (Å²) in [6.07, 6.45) is 3.88. The van der Waals surface area contributed by atoms with Gasteiger partial charge in [-0.05, 0) is 53.3 Å². The van der Waals surface area contributed by atoms with E-state index in [9.17, 15) is 4.79 Å². The summed E-state index contributed by atoms with van der Waals surface area (Å²) in [5, 5.41) is 2.21. The van der Waals surface area contributed by atoms with Crippen molar-refractivity contribution in [3.05, 3.63) is 47.7 Å². The standard InChI is InChI=1S/C20H21NO2S2/c1-3-11-23-18-10-9-14-7-5-6-8-15(14)16(18)13-17-19(22)25-20(21-17)24-12-4-2/h5-10,13H,3-4,11-12H2,1-2H3/b17-13+. The zero-order chi connectivity index (χ0) is 17.6. The van der Waals surface area contributed by atoms with E-state index in [1.807, 2.05) is 24.3 Å². The van der Waals surface area contributed by atoms with Gasteiger partial charge in [-0.1, -0.05) is 55.9 Å². The lowest BCUT2D eigenvalue weighted by Crippen LogP contribution is -1.98. The van der Waals surface area contributed by atoms with Gasteiger partial charge >= 0.3 is 0 Å². The predicted octanol–water partition coefficient (Wildman–Crippen LogP) is 5.74. The highest BCUT2D eigenvalue weighted by Crippen LogP contribution is 2.35. The summed E-state index contributed by atoms with van der Waals surface area (Å²) in [4.78, 5) is 16.9. The van der Waals surface area contributed by atoms with E-state index in [0.717, 1.165) is 45.1 Å². The Morgan fingerprint density at radius 1 is 1.16 bits per heavy atom. The van der Waals surface area contributed by atoms with E-state index in [-0.39, 0.29) is 5.12 Å². The summed E-state index contributed by atoms with van der Waals surface area (Å²) in [6.45, 7) is 4.86. The molecule has 2 aromatic rings. The Hall–Kier alpha value is -1.72. The molecule has 0 spiro atoms. The maximum Gasteiger partial charge on any atom is 0.244 e. The van der Waals surface area contributed by atoms with Crippen molar-refractivity contribution >= 4 is 49.9 Å². The van der Waals surface area contributed by atoms with Gasteiger partial charge in [0, 0.05) is 5.56 Å². The van der Waals surface area contributed by atoms with E-state index < -0.39 is 0 Å². The summed E-state index contributed by atoms with van der Waals surface area (Å²) < 4.78 is 6.76. The van der Waals surface area contributed by atoms with Crippen LogP contribution >= 0.6 is 23.5 Å². The van der Waals surface area contributed by atoms with Crippen LogP contribution in [-0.2, 0) is 4.79 Å². The molecule has 1 aliphatic heterocycles. The van der Waals surface area contributed by atoms with Crippen LogP contribution in [-0.4, -0.2) is 21.9 Å². The smallest absolute Gasteiger partial charge is 0.244 e. The lowest BCUT2D eigenvalue weighted by molar-refractivity contribution is -0.107. The van der Waals surface area contributed by atoms with E-state index in [1.54, 1.807) is 11.8 Å². The zero-order valence-corrected chi connectivity index (χ0v) is 16.1. The normalized spacial score (nSPS) is 15.8. The molecular weight excluding hydrogens is 350 g/mol. The fraction of sp³-hybridized carbons (Fsp3) is 0.300. The summed E-state index contributed by atoms with van der Waals surface area (Å²) >= 11 is 2.87. The minimum atomic E-state index is 0.00739. The minimum absolute atomic E-state index is 0.00739. The van der Waals surface area contributed by atoms with Gasteiger partial charge in [-0.25, -0.2) is 4.99 Å². The first-order valence-corrected chi connectivity index (χ1v) is 10.3. The van der Waals surface area contributed by atoms with Crippen LogP contribution in [0.3, 0.4) is 0 Å². The van der Waals surface area contributed by atoms with Crippen LogP contribution in [0.2, 0.25) is 0 Å². The molecule has 5 heteroatoms. The Labute approximate surface area is 156 Å². The average Bonchev–Trinajstić information content (AvgIpc) is 2.99. The maximum atomic E-state index is 12.3. The Morgan fingerprint density at radius 3 is 2.80 bits per heavy atom. The van der Waals surface area contributed by atoms with Crippen molar-refractivity contribution in [1.29, 1.82) is 0 Å². The van der Waals surface area contributed by atoms with Gasteiger partial charge in [-0.15, -0.1) is 0 Å². The van der Waals surface area contributed by atoms with Gasteiger partial charge in [-0.3, -0.25) is 4.79 Å². The van der Waals surface area contributed by atoms with Gasteiger partial charge in [0.15, 0.2) is 0 Å². The molecule has 0 saturated carbocycles. The van der Waals surface area contributed by atoms with Crippen LogP contribution in [0.25, 0.3) is 16.8 Å². The molecule has 0 radical (unpaired) electrons. The highest BCUT2D eigenvalue weighted by molar-refractivity contribution is 8.45. The largest absolute Gasteiger partial charge is 0.493 e. The van der Waals surface area contributed by atoms with Crippen molar-refractivity contribution in [2.24, 2.45) is 4.99 Å². The third-order valence-corrected chi connectivity index (χ3v) is 5.92. The van der Waals surface area contributed by atoms with Gasteiger partial charge in [0.2, 0.25) is 5.12 Å². The second-order valence-electron chi connectivity index (χ2n) is 5.69. The predicted molar refractivity (Wildman–Crippen MR) is 110 cm³/mol. The highest BCUT2D eigenvalue weighted by Gasteiger charge is 2.23. The average molecular weight is 372 g/mol. The molecule has 0 aliphatic carbocycles. The third-order valence-electron chi connectivity index (χ3n) is 3.70. The molecular formula is C20H21NO2S2. The van der Waals surface area contributed by atoms with Gasteiger partial charge < -0.3 is 4.74 Å². The Bertz CT molecular complexity index is 843. The molecule has 130 valence electrons. The van der Waals surface area contributed by atoms with Crippen LogP contribution in [0.1, 0.15) is 32.3 Å². The first-order valence-electron chi connectivity index (χ1n) is 8.52. The number of thioether (sulfide) groups is 2. The number of fused-ring (bicyclic) bond motifs is 1. The molecule has 0 amide bonds. The molecule has 0 unspecified atom stereocenters. The van der Waals surface area contributed by atoms with Crippen LogP contribution in [0.5, 0.6) is 5.75 Å². The number of rotatable bonds is 6. The lowest BCUT2D eigenvalue weighted by atomic mass is 10.0. The molecule has 0 saturated heterocycles. The number of carbonyl (C=O) groups excluding carboxylic acids is 1. The summed E-state index contributed by atoms with van der Waals surface area (Å²) in [6, 6.07) is 12.2. The Morgan fingerprint density at radius 2 is 2.00 bits per heavy atom. The molecule has 0 bridgehead atoms. The second kappa shape index (κ2) is 8.59. The van der Waals surface area contributed by atoms with Crippen molar-refractivity contribution in [2.45, 2.75) is 26.7 Å². The molecule has 1 aliphatic rings. The van der Waals surface area contributed by atoms with Crippen molar-refractivity contribution in [1.82, 2.24) is 0 Å². The quantitative estimate of drug-likeness (QED) is 0.607. The summed E-state index contributed by atoms with van der Waals surface area (Å²) in [5.41, 5.74) is 1.43. The number of ether oxygens (including phenoxy) is 1. The van der Waals surface area contributed by atoms with Crippen LogP contribution < -0.4 is 4.74 Å². The lowest BCUT2D eigenvalue weighted by Gasteiger charge is -2.11. The third kappa shape index (κ3) is 4.28. The molecule has 0 fully saturated rings. The second-order valence-corrected chi connectivity index (χ2v) is 8.00. The van der Waals surface area contributed by atoms with E-state index in [4.69, 9.17) is 4.74 Å². The van der Waals surface area contributed by atoms with E-state index in [1.165, 1.54) is 11.8 Å². The number of hydrogen-bond donors (Lipinski definition) is 0. The van der Waals surface area contributed by atoms with Crippen LogP contribution in [0.4, 0.5) is 0 Å². The molecule has 3 rings (SSSR count). The minimum Gasteiger partial charge on any atom is -0.493 e. The van der Waals surface area contributed by atoms with Crippen LogP contribution in [0.15, 0.2) is 47.1 Å². The van der Waals surface area contributed by atoms with E-state index >= 15 is 0 Å². The topological polar surface area (TPSA) is 38.7 Å². The molecule has 0 aromatic heterocycles. The molecule has 25 heavy (non-hydrogen) atoms. The number of carbonyl (C=O) groups is 1. The zero-order valence-electron chi connectivity index (χ0n) is 14.5. The highest BCUT2D eigenvalue weighted by atomic mass is 32.2. The Kier molecular flexibility index (Phi) is 6.21. The number of benzene rings is 2. The Balaban J connectivity index is 2.04. The van der Waals surface area contributed by atoms with E-state index in [0.29, 0.717) is 12.3 Å². The molecule has 3 nitrogen and oxygen atoms in total. The van der Waals surface area contributed by atoms with Crippen LogP contribution in [0, 0.1) is 0 Å².